The first-order valence-electron chi connectivity index (χ1n) is 17.9. The van der Waals surface area contributed by atoms with Crippen LogP contribution >= 0.6 is 0 Å². The highest BCUT2D eigenvalue weighted by molar-refractivity contribution is 6.06. The van der Waals surface area contributed by atoms with E-state index in [1.807, 2.05) is 12.1 Å². The molecule has 0 unspecified atom stereocenters. The summed E-state index contributed by atoms with van der Waals surface area (Å²) in [4.78, 5) is 33.1. The average Bonchev–Trinajstić information content (AvgIpc) is 3.99. The molecule has 2 fully saturated rings. The lowest BCUT2D eigenvalue weighted by Crippen LogP contribution is -2.43. The summed E-state index contributed by atoms with van der Waals surface area (Å²) in [6.45, 7) is 2.06. The molecule has 6 aromatic rings. The summed E-state index contributed by atoms with van der Waals surface area (Å²) in [5.74, 6) is -1.17. The molecule has 8 rings (SSSR count). The van der Waals surface area contributed by atoms with E-state index < -0.39 is 61.3 Å². The van der Waals surface area contributed by atoms with E-state index in [-0.39, 0.29) is 39.1 Å². The van der Waals surface area contributed by atoms with Crippen molar-refractivity contribution in [2.75, 3.05) is 30.5 Å². The Morgan fingerprint density at radius 1 is 0.707 bits per heavy atom. The Labute approximate surface area is 333 Å². The van der Waals surface area contributed by atoms with Gasteiger partial charge in [-0.25, -0.2) is 27.8 Å². The van der Waals surface area contributed by atoms with Crippen LogP contribution in [0.5, 0.6) is 0 Å². The van der Waals surface area contributed by atoms with E-state index in [4.69, 9.17) is 9.47 Å². The SMILES string of the molecule is C.C.C[C@H]1[C@@H](F)[C@H](c2ccc3c(NC(=O)c4ccccc4)ncnn23)OC1(CO)CO.C[C@H]1[C@@H](F)[C@H](c2ccc3c(NC(=O)c4ccccc4)ncnn23)O[C@@H]1CO. The largest absolute Gasteiger partial charge is 0.394 e. The van der Waals surface area contributed by atoms with Crippen LogP contribution in [-0.4, -0.2) is 100 Å². The maximum absolute atomic E-state index is 15.0. The van der Waals surface area contributed by atoms with Crippen molar-refractivity contribution in [3.63, 3.8) is 0 Å². The van der Waals surface area contributed by atoms with Crippen LogP contribution in [-0.2, 0) is 9.47 Å². The Balaban J connectivity index is 0.000000214. The molecule has 0 spiro atoms. The molecule has 0 radical (unpaired) electrons. The number of alkyl halides is 2. The van der Waals surface area contributed by atoms with Gasteiger partial charge in [-0.3, -0.25) is 9.59 Å². The van der Waals surface area contributed by atoms with Crippen molar-refractivity contribution in [1.82, 2.24) is 29.2 Å². The third kappa shape index (κ3) is 8.03. The first-order valence-corrected chi connectivity index (χ1v) is 17.9. The zero-order chi connectivity index (χ0) is 39.6. The molecule has 5 N–H and O–H groups in total. The van der Waals surface area contributed by atoms with Gasteiger partial charge >= 0.3 is 0 Å². The molecule has 2 aliphatic rings. The molecular weight excluding hydrogens is 754 g/mol. The van der Waals surface area contributed by atoms with E-state index >= 15 is 0 Å². The zero-order valence-corrected chi connectivity index (χ0v) is 30.3. The highest BCUT2D eigenvalue weighted by Gasteiger charge is 2.54. The quantitative estimate of drug-likeness (QED) is 0.125. The van der Waals surface area contributed by atoms with Crippen molar-refractivity contribution < 1.29 is 43.2 Å². The maximum atomic E-state index is 15.0. The Morgan fingerprint density at radius 3 is 1.59 bits per heavy atom. The number of nitrogens with zero attached hydrogens (tertiary/aromatic N) is 6. The summed E-state index contributed by atoms with van der Waals surface area (Å²) in [7, 11) is 0. The number of aliphatic hydroxyl groups is 3. The molecule has 58 heavy (non-hydrogen) atoms. The second kappa shape index (κ2) is 18.3. The number of nitrogens with one attached hydrogen (secondary N) is 2. The molecule has 0 saturated carbocycles. The Hall–Kier alpha value is -5.72. The van der Waals surface area contributed by atoms with Crippen molar-refractivity contribution in [3.05, 3.63) is 120 Å². The van der Waals surface area contributed by atoms with Gasteiger partial charge in [0.1, 0.15) is 53.8 Å². The lowest BCUT2D eigenvalue weighted by Gasteiger charge is -2.28. The number of rotatable bonds is 9. The highest BCUT2D eigenvalue weighted by atomic mass is 19.1. The fourth-order valence-corrected chi connectivity index (χ4v) is 6.99. The molecule has 2 aliphatic heterocycles. The number of hydrogen-bond acceptors (Lipinski definition) is 11. The van der Waals surface area contributed by atoms with Gasteiger partial charge in [-0.2, -0.15) is 10.2 Å². The van der Waals surface area contributed by atoms with Gasteiger partial charge in [-0.1, -0.05) is 65.1 Å². The predicted molar refractivity (Wildman–Crippen MR) is 212 cm³/mol. The van der Waals surface area contributed by atoms with Crippen LogP contribution in [0.3, 0.4) is 0 Å². The van der Waals surface area contributed by atoms with Crippen molar-refractivity contribution in [2.24, 2.45) is 11.8 Å². The molecule has 7 atom stereocenters. The number of carbonyl (C=O) groups is 2. The molecule has 2 aromatic carbocycles. The van der Waals surface area contributed by atoms with Crippen LogP contribution < -0.4 is 10.6 Å². The van der Waals surface area contributed by atoms with Crippen LogP contribution in [0.15, 0.2) is 97.6 Å². The fraction of sp³-hybridized carbons (Fsp3) is 0.366. The summed E-state index contributed by atoms with van der Waals surface area (Å²) in [6, 6.07) is 24.2. The van der Waals surface area contributed by atoms with E-state index in [0.29, 0.717) is 39.4 Å². The van der Waals surface area contributed by atoms with Crippen molar-refractivity contribution in [3.8, 4) is 0 Å². The van der Waals surface area contributed by atoms with Crippen molar-refractivity contribution in [1.29, 1.82) is 0 Å². The average molecular weight is 803 g/mol. The summed E-state index contributed by atoms with van der Waals surface area (Å²) in [6.07, 6.45) is -2.59. The normalized spacial score (nSPS) is 23.3. The first kappa shape index (κ1) is 43.4. The number of aromatic nitrogens is 6. The minimum Gasteiger partial charge on any atom is -0.394 e. The zero-order valence-electron chi connectivity index (χ0n) is 30.3. The van der Waals surface area contributed by atoms with E-state index in [2.05, 4.69) is 30.8 Å². The maximum Gasteiger partial charge on any atom is 0.256 e. The number of halogens is 2. The second-order valence-electron chi connectivity index (χ2n) is 13.7. The summed E-state index contributed by atoms with van der Waals surface area (Å²) >= 11 is 0. The lowest BCUT2D eigenvalue weighted by atomic mass is 9.88. The Kier molecular flexibility index (Phi) is 13.7. The van der Waals surface area contributed by atoms with E-state index in [1.54, 1.807) is 86.6 Å². The molecule has 17 heteroatoms. The molecule has 0 aliphatic carbocycles. The third-order valence-electron chi connectivity index (χ3n) is 10.5. The van der Waals surface area contributed by atoms with E-state index in [9.17, 15) is 33.7 Å². The van der Waals surface area contributed by atoms with Gasteiger partial charge in [0.15, 0.2) is 11.6 Å². The lowest BCUT2D eigenvalue weighted by molar-refractivity contribution is -0.118. The topological polar surface area (TPSA) is 198 Å². The van der Waals surface area contributed by atoms with E-state index in [0.717, 1.165) is 0 Å². The first-order chi connectivity index (χ1) is 27.1. The van der Waals surface area contributed by atoms with Gasteiger partial charge in [0, 0.05) is 23.0 Å². The van der Waals surface area contributed by atoms with Crippen molar-refractivity contribution in [2.45, 2.75) is 65.0 Å². The van der Waals surface area contributed by atoms with Gasteiger partial charge in [-0.15, -0.1) is 0 Å². The van der Waals surface area contributed by atoms with Crippen LogP contribution in [0.25, 0.3) is 11.0 Å². The molecule has 308 valence electrons. The van der Waals surface area contributed by atoms with Crippen LogP contribution in [0.2, 0.25) is 0 Å². The van der Waals surface area contributed by atoms with Crippen LogP contribution in [0, 0.1) is 11.8 Å². The number of anilines is 2. The third-order valence-corrected chi connectivity index (χ3v) is 10.5. The number of hydrogen-bond donors (Lipinski definition) is 5. The van der Waals surface area contributed by atoms with E-state index in [1.165, 1.54) is 21.7 Å². The smallest absolute Gasteiger partial charge is 0.256 e. The number of carbonyl (C=O) groups excluding carboxylic acids is 2. The molecule has 2 amide bonds. The van der Waals surface area contributed by atoms with Gasteiger partial charge in [-0.05, 0) is 48.5 Å². The Bertz CT molecular complexity index is 2310. The van der Waals surface area contributed by atoms with Crippen LogP contribution in [0.4, 0.5) is 20.4 Å². The molecule has 4 aromatic heterocycles. The van der Waals surface area contributed by atoms with Crippen LogP contribution in [0.1, 0.15) is 73.0 Å². The highest BCUT2D eigenvalue weighted by Crippen LogP contribution is 2.46. The predicted octanol–water partition coefficient (Wildman–Crippen LogP) is 5.41. The second-order valence-corrected chi connectivity index (χ2v) is 13.7. The van der Waals surface area contributed by atoms with Gasteiger partial charge in [0.05, 0.1) is 37.3 Å². The van der Waals surface area contributed by atoms with Gasteiger partial charge < -0.3 is 35.4 Å². The standard InChI is InChI=1S/C20H21FN4O4.C19H19FN4O3.2CH4/c1-12-16(21)17(29-20(12,9-26)10-27)14-7-8-15-18(22-11-23-25(14)15)24-19(28)13-5-3-2-4-6-13;1-11-15(9-25)27-17(16(11)20)13-7-8-14-18(21-10-22-24(13)14)23-19(26)12-5-3-2-4-6-12;;/h2-8,11-12,16-17,26-27H,9-10H2,1H3,(H,22,23,24,28);2-8,10-11,15-17,25H,9H2,1H3,(H,21,22,23,26);2*1H4/t12-,16+,17-;11-,15-,16-,17+;;/m01../s1. The fourth-order valence-electron chi connectivity index (χ4n) is 6.99. The molecule has 6 heterocycles. The number of aliphatic hydroxyl groups excluding tert-OH is 3. The summed E-state index contributed by atoms with van der Waals surface area (Å²) < 4.78 is 44.1. The monoisotopic (exact) mass is 802 g/mol. The van der Waals surface area contributed by atoms with Gasteiger partial charge in [0.25, 0.3) is 11.8 Å². The number of ether oxygens (including phenoxy) is 2. The minimum atomic E-state index is -1.45. The molecule has 15 nitrogen and oxygen atoms in total. The number of benzene rings is 2. The molecule has 0 bridgehead atoms. The molecule has 2 saturated heterocycles. The summed E-state index contributed by atoms with van der Waals surface area (Å²) in [5.41, 5.74) is 1.53. The Morgan fingerprint density at radius 2 is 1.17 bits per heavy atom. The summed E-state index contributed by atoms with van der Waals surface area (Å²) in [5, 5.41) is 42.5. The van der Waals surface area contributed by atoms with Crippen molar-refractivity contribution >= 4 is 34.5 Å². The molecular formula is C41H48F2N8O7. The number of fused-ring (bicyclic) bond motifs is 2. The number of amides is 2. The van der Waals surface area contributed by atoms with Gasteiger partial charge in [0.2, 0.25) is 0 Å². The minimum absolute atomic E-state index is 0.